The summed E-state index contributed by atoms with van der Waals surface area (Å²) in [7, 11) is 0. The van der Waals surface area contributed by atoms with E-state index in [1.165, 1.54) is 0 Å². The third-order valence-electron chi connectivity index (χ3n) is 2.73. The Kier molecular flexibility index (Phi) is 2.30. The third kappa shape index (κ3) is 1.54. The first-order valence-corrected chi connectivity index (χ1v) is 5.57. The maximum Gasteiger partial charge on any atom is 0.109 e. The van der Waals surface area contributed by atoms with Gasteiger partial charge in [-0.3, -0.25) is 4.90 Å². The minimum absolute atomic E-state index is 0.133. The van der Waals surface area contributed by atoms with Crippen LogP contribution in [-0.2, 0) is 0 Å². The van der Waals surface area contributed by atoms with E-state index in [9.17, 15) is 0 Å². The van der Waals surface area contributed by atoms with Gasteiger partial charge < -0.3 is 0 Å². The highest BCUT2D eigenvalue weighted by Gasteiger charge is 2.41. The molecule has 0 N–H and O–H groups in total. The highest BCUT2D eigenvalue weighted by atomic mass is 32.1. The molecule has 1 fully saturated rings. The van der Waals surface area contributed by atoms with Crippen molar-refractivity contribution in [2.45, 2.75) is 19.9 Å². The molecule has 0 radical (unpaired) electrons. The molecule has 0 amide bonds. The molecule has 0 bridgehead atoms. The van der Waals surface area contributed by atoms with E-state index in [4.69, 9.17) is 5.26 Å². The van der Waals surface area contributed by atoms with E-state index >= 15 is 0 Å². The summed E-state index contributed by atoms with van der Waals surface area (Å²) in [5, 5.41) is 12.0. The standard InChI is InChI=1S/C10H13N3S/c1-8(9-12-3-4-14-9)13-6-10(2,5-11)7-13/h3-4,8H,6-7H2,1-2H3. The second-order valence-corrected chi connectivity index (χ2v) is 5.05. The molecule has 74 valence electrons. The predicted octanol–water partition coefficient (Wildman–Crippen LogP) is 2.05. The average molecular weight is 207 g/mol. The van der Waals surface area contributed by atoms with Crippen molar-refractivity contribution < 1.29 is 0 Å². The maximum atomic E-state index is 8.89. The van der Waals surface area contributed by atoms with Crippen molar-refractivity contribution in [1.82, 2.24) is 9.88 Å². The molecule has 1 unspecified atom stereocenters. The molecule has 1 atom stereocenters. The summed E-state index contributed by atoms with van der Waals surface area (Å²) in [6.07, 6.45) is 1.83. The second kappa shape index (κ2) is 3.34. The first kappa shape index (κ1) is 9.63. The zero-order valence-electron chi connectivity index (χ0n) is 8.40. The molecular weight excluding hydrogens is 194 g/mol. The van der Waals surface area contributed by atoms with E-state index < -0.39 is 0 Å². The molecule has 1 aliphatic rings. The van der Waals surface area contributed by atoms with E-state index in [-0.39, 0.29) is 5.41 Å². The lowest BCUT2D eigenvalue weighted by Crippen LogP contribution is -2.54. The Hall–Kier alpha value is -0.920. The topological polar surface area (TPSA) is 39.9 Å². The normalized spacial score (nSPS) is 22.4. The Morgan fingerprint density at radius 1 is 1.71 bits per heavy atom. The van der Waals surface area contributed by atoms with Crippen molar-refractivity contribution in [3.63, 3.8) is 0 Å². The summed E-state index contributed by atoms with van der Waals surface area (Å²) in [6, 6.07) is 2.71. The van der Waals surface area contributed by atoms with Crippen molar-refractivity contribution in [2.75, 3.05) is 13.1 Å². The molecule has 14 heavy (non-hydrogen) atoms. The summed E-state index contributed by atoms with van der Waals surface area (Å²) in [6.45, 7) is 5.89. The van der Waals surface area contributed by atoms with Crippen LogP contribution in [-0.4, -0.2) is 23.0 Å². The first-order chi connectivity index (χ1) is 6.64. The van der Waals surface area contributed by atoms with Gasteiger partial charge in [0.1, 0.15) is 5.01 Å². The van der Waals surface area contributed by atoms with Crippen molar-refractivity contribution in [3.05, 3.63) is 16.6 Å². The highest BCUT2D eigenvalue weighted by molar-refractivity contribution is 7.09. The van der Waals surface area contributed by atoms with Crippen molar-refractivity contribution in [1.29, 1.82) is 5.26 Å². The van der Waals surface area contributed by atoms with Crippen molar-refractivity contribution in [2.24, 2.45) is 5.41 Å². The molecule has 0 saturated carbocycles. The fourth-order valence-corrected chi connectivity index (χ4v) is 2.52. The van der Waals surface area contributed by atoms with E-state index in [0.29, 0.717) is 6.04 Å². The number of thiazole rings is 1. The van der Waals surface area contributed by atoms with Crippen LogP contribution in [0.4, 0.5) is 0 Å². The molecule has 0 aromatic carbocycles. The summed E-state index contributed by atoms with van der Waals surface area (Å²) in [5.41, 5.74) is -0.133. The van der Waals surface area contributed by atoms with Gasteiger partial charge in [-0.25, -0.2) is 4.98 Å². The fourth-order valence-electron chi connectivity index (χ4n) is 1.79. The smallest absolute Gasteiger partial charge is 0.109 e. The van der Waals surface area contributed by atoms with Crippen LogP contribution < -0.4 is 0 Å². The lowest BCUT2D eigenvalue weighted by atomic mass is 9.83. The van der Waals surface area contributed by atoms with Gasteiger partial charge in [0.05, 0.1) is 17.5 Å². The van der Waals surface area contributed by atoms with E-state index in [2.05, 4.69) is 22.9 Å². The van der Waals surface area contributed by atoms with Gasteiger partial charge in [-0.15, -0.1) is 11.3 Å². The van der Waals surface area contributed by atoms with Gasteiger partial charge >= 0.3 is 0 Å². The Labute approximate surface area is 88.0 Å². The number of nitrogens with zero attached hydrogens (tertiary/aromatic N) is 3. The molecule has 0 aliphatic carbocycles. The van der Waals surface area contributed by atoms with E-state index in [1.807, 2.05) is 18.5 Å². The molecule has 2 rings (SSSR count). The van der Waals surface area contributed by atoms with Gasteiger partial charge in [-0.05, 0) is 13.8 Å². The largest absolute Gasteiger partial charge is 0.291 e. The third-order valence-corrected chi connectivity index (χ3v) is 3.68. The summed E-state index contributed by atoms with van der Waals surface area (Å²) in [4.78, 5) is 6.58. The van der Waals surface area contributed by atoms with Gasteiger partial charge in [-0.1, -0.05) is 0 Å². The quantitative estimate of drug-likeness (QED) is 0.745. The first-order valence-electron chi connectivity index (χ1n) is 4.69. The molecule has 1 aliphatic heterocycles. The van der Waals surface area contributed by atoms with E-state index in [1.54, 1.807) is 11.3 Å². The van der Waals surface area contributed by atoms with Crippen LogP contribution in [0.1, 0.15) is 24.9 Å². The molecule has 1 aromatic rings. The zero-order valence-corrected chi connectivity index (χ0v) is 9.21. The number of nitriles is 1. The van der Waals surface area contributed by atoms with Crippen LogP contribution in [0.2, 0.25) is 0 Å². The minimum atomic E-state index is -0.133. The number of hydrogen-bond acceptors (Lipinski definition) is 4. The monoisotopic (exact) mass is 207 g/mol. The highest BCUT2D eigenvalue weighted by Crippen LogP contribution is 2.36. The van der Waals surface area contributed by atoms with Gasteiger partial charge in [0.2, 0.25) is 0 Å². The van der Waals surface area contributed by atoms with Crippen LogP contribution in [0.3, 0.4) is 0 Å². The Morgan fingerprint density at radius 2 is 2.43 bits per heavy atom. The Morgan fingerprint density at radius 3 is 2.93 bits per heavy atom. The number of likely N-dealkylation sites (tertiary alicyclic amines) is 1. The molecule has 0 spiro atoms. The van der Waals surface area contributed by atoms with Crippen LogP contribution in [0, 0.1) is 16.7 Å². The molecule has 2 heterocycles. The van der Waals surface area contributed by atoms with Gasteiger partial charge in [0, 0.05) is 24.7 Å². The second-order valence-electron chi connectivity index (χ2n) is 4.12. The molecule has 4 heteroatoms. The van der Waals surface area contributed by atoms with E-state index in [0.717, 1.165) is 18.1 Å². The maximum absolute atomic E-state index is 8.89. The number of aromatic nitrogens is 1. The zero-order chi connectivity index (χ0) is 10.2. The van der Waals surface area contributed by atoms with Crippen LogP contribution >= 0.6 is 11.3 Å². The SMILES string of the molecule is CC(c1nccs1)N1CC(C)(C#N)C1. The summed E-state index contributed by atoms with van der Waals surface area (Å²) in [5.74, 6) is 0. The lowest BCUT2D eigenvalue weighted by molar-refractivity contribution is 0.0245. The summed E-state index contributed by atoms with van der Waals surface area (Å²) < 4.78 is 0. The van der Waals surface area contributed by atoms with Crippen LogP contribution in [0.15, 0.2) is 11.6 Å². The number of hydrogen-bond donors (Lipinski definition) is 0. The Bertz CT molecular complexity index is 346. The van der Waals surface area contributed by atoms with Gasteiger partial charge in [-0.2, -0.15) is 5.26 Å². The predicted molar refractivity (Wildman–Crippen MR) is 55.8 cm³/mol. The fraction of sp³-hybridized carbons (Fsp3) is 0.600. The number of rotatable bonds is 2. The lowest BCUT2D eigenvalue weighted by Gasteiger charge is -2.46. The summed E-state index contributed by atoms with van der Waals surface area (Å²) >= 11 is 1.68. The molecular formula is C10H13N3S. The Balaban J connectivity index is 1.98. The van der Waals surface area contributed by atoms with Gasteiger partial charge in [0.15, 0.2) is 0 Å². The molecule has 1 saturated heterocycles. The van der Waals surface area contributed by atoms with Crippen molar-refractivity contribution in [3.8, 4) is 6.07 Å². The van der Waals surface area contributed by atoms with Crippen molar-refractivity contribution >= 4 is 11.3 Å². The van der Waals surface area contributed by atoms with Crippen LogP contribution in [0.25, 0.3) is 0 Å². The van der Waals surface area contributed by atoms with Crippen LogP contribution in [0.5, 0.6) is 0 Å². The molecule has 3 nitrogen and oxygen atoms in total. The average Bonchev–Trinajstić information content (AvgIpc) is 2.64. The minimum Gasteiger partial charge on any atom is -0.291 e. The van der Waals surface area contributed by atoms with Gasteiger partial charge in [0.25, 0.3) is 0 Å². The molecule has 1 aromatic heterocycles.